The fraction of sp³-hybridized carbons (Fsp3) is 0.389. The maximum Gasteiger partial charge on any atom is 0.137 e. The van der Waals surface area contributed by atoms with Crippen LogP contribution in [0.15, 0.2) is 76.3 Å². The van der Waals surface area contributed by atoms with Gasteiger partial charge in [-0.3, -0.25) is 4.99 Å². The molecule has 1 atom stereocenters. The van der Waals surface area contributed by atoms with Gasteiger partial charge in [-0.25, -0.2) is 17.3 Å². The van der Waals surface area contributed by atoms with Crippen molar-refractivity contribution in [3.63, 3.8) is 0 Å². The van der Waals surface area contributed by atoms with Gasteiger partial charge in [-0.15, -0.1) is 11.8 Å². The maximum atomic E-state index is 15.1. The molecule has 1 fully saturated rings. The summed E-state index contributed by atoms with van der Waals surface area (Å²) in [6.45, 7) is 11.3. The van der Waals surface area contributed by atoms with Gasteiger partial charge < -0.3 is 9.22 Å². The number of thioether (sulfide) groups is 1. The van der Waals surface area contributed by atoms with E-state index in [-0.39, 0.29) is 16.3 Å². The number of aryl methyl sites for hydroxylation is 1. The minimum atomic E-state index is -2.81. The van der Waals surface area contributed by atoms with Gasteiger partial charge in [0.05, 0.1) is 61.1 Å². The molecule has 1 saturated heterocycles. The molecule has 1 unspecified atom stereocenters. The average molecular weight is 726 g/mol. The first-order chi connectivity index (χ1) is 21.8. The SMILES string of the molecule is C=S(=O)(c1cc(F)c(CSC(C)=N/C=C(\C)C(C)(C)c2ccc(Cl)c(OC)c2)c(Cl)c1)N1CC([N+](C)(C)C)C1.Cc1ccc(F)cc1. The van der Waals surface area contributed by atoms with E-state index in [0.717, 1.165) is 26.2 Å². The van der Waals surface area contributed by atoms with E-state index in [1.807, 2.05) is 49.5 Å². The van der Waals surface area contributed by atoms with Crippen molar-refractivity contribution in [2.75, 3.05) is 41.3 Å². The van der Waals surface area contributed by atoms with E-state index in [1.165, 1.54) is 30.0 Å². The Morgan fingerprint density at radius 2 is 1.70 bits per heavy atom. The number of hydrogen-bond donors (Lipinski definition) is 0. The molecule has 1 aliphatic heterocycles. The van der Waals surface area contributed by atoms with Crippen LogP contribution in [0.4, 0.5) is 8.78 Å². The minimum absolute atomic E-state index is 0.171. The lowest BCUT2D eigenvalue weighted by molar-refractivity contribution is -0.900. The third-order valence-corrected chi connectivity index (χ3v) is 12.3. The molecule has 4 rings (SSSR count). The number of quaternary nitrogens is 1. The Bertz CT molecular complexity index is 1690. The highest BCUT2D eigenvalue weighted by Crippen LogP contribution is 2.36. The minimum Gasteiger partial charge on any atom is -0.495 e. The summed E-state index contributed by atoms with van der Waals surface area (Å²) in [6.07, 6.45) is 1.83. The fourth-order valence-corrected chi connectivity index (χ4v) is 7.67. The zero-order chi connectivity index (χ0) is 35.3. The number of likely N-dealkylation sites (N-methyl/N-ethyl adjacent to an activating group) is 1. The number of halogens is 4. The molecular weight excluding hydrogens is 679 g/mol. The summed E-state index contributed by atoms with van der Waals surface area (Å²) in [5.74, 6) is 4.21. The van der Waals surface area contributed by atoms with Crippen molar-refractivity contribution in [3.8, 4) is 5.75 Å². The molecule has 11 heteroatoms. The van der Waals surface area contributed by atoms with Gasteiger partial charge in [-0.2, -0.15) is 0 Å². The molecule has 1 heterocycles. The molecule has 256 valence electrons. The summed E-state index contributed by atoms with van der Waals surface area (Å²) >= 11 is 14.1. The van der Waals surface area contributed by atoms with Gasteiger partial charge in [0.15, 0.2) is 0 Å². The topological polar surface area (TPSA) is 41.9 Å². The lowest BCUT2D eigenvalue weighted by Gasteiger charge is -2.47. The monoisotopic (exact) mass is 724 g/mol. The van der Waals surface area contributed by atoms with Crippen LogP contribution in [0.5, 0.6) is 5.75 Å². The Balaban J connectivity index is 0.000000653. The van der Waals surface area contributed by atoms with Crippen LogP contribution in [0.2, 0.25) is 10.0 Å². The van der Waals surface area contributed by atoms with Crippen molar-refractivity contribution in [3.05, 3.63) is 105 Å². The molecule has 1 aliphatic rings. The quantitative estimate of drug-likeness (QED) is 0.0957. The van der Waals surface area contributed by atoms with Crippen molar-refractivity contribution < 1.29 is 22.2 Å². The third-order valence-electron chi connectivity index (χ3n) is 8.56. The standard InChI is InChI=1S/C29H39Cl2FN3O2S2.C7H7F/c1-19(29(3,4)21-10-11-25(30)28(12-21)37-8)15-33-20(2)38-18-24-26(31)13-23(14-27(24)32)39(9,36)34-16-22(17-34)35(5,6)7;1-6-2-4-7(8)5-3-6/h10-15,22H,9,16-18H2,1-8H3;2-5H,1H3/q+1;/b19-15+,33-20?;. The molecule has 3 aromatic carbocycles. The van der Waals surface area contributed by atoms with Gasteiger partial charge in [0.2, 0.25) is 0 Å². The van der Waals surface area contributed by atoms with Crippen molar-refractivity contribution in [2.45, 2.75) is 56.7 Å². The highest BCUT2D eigenvalue weighted by atomic mass is 35.5. The normalized spacial score (nSPS) is 16.2. The van der Waals surface area contributed by atoms with E-state index in [2.05, 4.69) is 45.9 Å². The molecule has 0 amide bonds. The van der Waals surface area contributed by atoms with Gasteiger partial charge in [-0.05, 0) is 74.2 Å². The van der Waals surface area contributed by atoms with E-state index < -0.39 is 15.5 Å². The number of allylic oxidation sites excluding steroid dienone is 1. The van der Waals surface area contributed by atoms with Crippen LogP contribution >= 0.6 is 35.0 Å². The van der Waals surface area contributed by atoms with Crippen LogP contribution in [0.3, 0.4) is 0 Å². The number of methoxy groups -OCH3 is 1. The molecule has 0 radical (unpaired) electrons. The second-order valence-corrected chi connectivity index (χ2v) is 17.4. The van der Waals surface area contributed by atoms with Crippen LogP contribution in [0.25, 0.3) is 0 Å². The number of benzene rings is 3. The predicted octanol–water partition coefficient (Wildman–Crippen LogP) is 9.19. The van der Waals surface area contributed by atoms with E-state index in [0.29, 0.717) is 46.1 Å². The average Bonchev–Trinajstić information content (AvgIpc) is 2.95. The molecule has 0 bridgehead atoms. The van der Waals surface area contributed by atoms with E-state index in [9.17, 15) is 8.60 Å². The summed E-state index contributed by atoms with van der Waals surface area (Å²) < 4.78 is 48.6. The lowest BCUT2D eigenvalue weighted by Crippen LogP contribution is -2.65. The maximum absolute atomic E-state index is 15.1. The number of nitrogens with zero attached hydrogens (tertiary/aromatic N) is 3. The van der Waals surface area contributed by atoms with Crippen molar-refractivity contribution >= 4 is 55.6 Å². The van der Waals surface area contributed by atoms with E-state index in [1.54, 1.807) is 25.3 Å². The van der Waals surface area contributed by atoms with Gasteiger partial charge in [0.25, 0.3) is 0 Å². The number of hydrogen-bond acceptors (Lipinski definition) is 4. The van der Waals surface area contributed by atoms with Crippen molar-refractivity contribution in [1.29, 1.82) is 0 Å². The van der Waals surface area contributed by atoms with E-state index >= 15 is 4.39 Å². The molecule has 0 spiro atoms. The molecule has 0 aliphatic carbocycles. The number of aliphatic imine (C=N–C) groups is 1. The summed E-state index contributed by atoms with van der Waals surface area (Å²) in [5, 5.41) is 1.58. The van der Waals surface area contributed by atoms with E-state index in [4.69, 9.17) is 27.9 Å². The zero-order valence-electron chi connectivity index (χ0n) is 28.7. The largest absolute Gasteiger partial charge is 0.495 e. The summed E-state index contributed by atoms with van der Waals surface area (Å²) in [5.41, 5.74) is 3.24. The zero-order valence-corrected chi connectivity index (χ0v) is 31.8. The third kappa shape index (κ3) is 10.1. The predicted molar refractivity (Wildman–Crippen MR) is 199 cm³/mol. The molecule has 0 aromatic heterocycles. The van der Waals surface area contributed by atoms with Crippen LogP contribution in [-0.2, 0) is 20.9 Å². The lowest BCUT2D eigenvalue weighted by atomic mass is 9.78. The highest BCUT2D eigenvalue weighted by molar-refractivity contribution is 8.13. The molecular formula is C36H46Cl2F2N3O2S2+. The first-order valence-electron chi connectivity index (χ1n) is 15.1. The second-order valence-electron chi connectivity index (χ2n) is 13.1. The van der Waals surface area contributed by atoms with Crippen molar-refractivity contribution in [1.82, 2.24) is 4.31 Å². The molecule has 0 N–H and O–H groups in total. The highest BCUT2D eigenvalue weighted by Gasteiger charge is 2.41. The Kier molecular flexibility index (Phi) is 13.2. The Hall–Kier alpha value is -2.40. The molecule has 0 saturated carbocycles. The van der Waals surface area contributed by atoms with Crippen LogP contribution < -0.4 is 4.74 Å². The van der Waals surface area contributed by atoms with Gasteiger partial charge >= 0.3 is 0 Å². The smallest absolute Gasteiger partial charge is 0.137 e. The first-order valence-corrected chi connectivity index (χ1v) is 18.5. The number of rotatable bonds is 9. The van der Waals surface area contributed by atoms with Gasteiger partial charge in [0, 0.05) is 32.8 Å². The summed E-state index contributed by atoms with van der Waals surface area (Å²) in [6, 6.07) is 15.4. The Morgan fingerprint density at radius 3 is 2.23 bits per heavy atom. The Labute approximate surface area is 294 Å². The summed E-state index contributed by atoms with van der Waals surface area (Å²) in [4.78, 5) is 4.93. The van der Waals surface area contributed by atoms with Crippen LogP contribution in [0, 0.1) is 18.6 Å². The van der Waals surface area contributed by atoms with Gasteiger partial charge in [-0.1, -0.05) is 60.8 Å². The summed E-state index contributed by atoms with van der Waals surface area (Å²) in [7, 11) is 5.11. The van der Waals surface area contributed by atoms with Crippen LogP contribution in [-0.4, -0.2) is 71.3 Å². The molecule has 5 nitrogen and oxygen atoms in total. The number of ether oxygens (including phenoxy) is 1. The van der Waals surface area contributed by atoms with Crippen LogP contribution in [0.1, 0.15) is 44.4 Å². The first kappa shape index (κ1) is 39.0. The Morgan fingerprint density at radius 1 is 1.09 bits per heavy atom. The van der Waals surface area contributed by atoms with Gasteiger partial charge in [0.1, 0.15) is 23.4 Å². The fourth-order valence-electron chi connectivity index (χ4n) is 4.57. The second kappa shape index (κ2) is 15.9. The molecule has 3 aromatic rings. The van der Waals surface area contributed by atoms with Crippen molar-refractivity contribution in [2.24, 2.45) is 4.99 Å². The molecule has 47 heavy (non-hydrogen) atoms.